The molecule has 1 aromatic carbocycles. The van der Waals surface area contributed by atoms with Gasteiger partial charge in [-0.15, -0.1) is 0 Å². The fourth-order valence-electron chi connectivity index (χ4n) is 0.935. The van der Waals surface area contributed by atoms with Crippen molar-refractivity contribution in [2.75, 3.05) is 5.32 Å². The summed E-state index contributed by atoms with van der Waals surface area (Å²) < 4.78 is 37.0. The molecule has 3 nitrogen and oxygen atoms in total. The number of alkyl halides is 3. The molecule has 0 bridgehead atoms. The zero-order valence-corrected chi connectivity index (χ0v) is 9.43. The van der Waals surface area contributed by atoms with Gasteiger partial charge in [-0.1, -0.05) is 23.7 Å². The Morgan fingerprint density at radius 1 is 1.35 bits per heavy atom. The van der Waals surface area contributed by atoms with Crippen LogP contribution in [0.5, 0.6) is 0 Å². The number of amides is 1. The number of aliphatic hydroxyl groups is 1. The molecule has 2 N–H and O–H groups in total. The molecule has 0 radical (unpaired) electrons. The van der Waals surface area contributed by atoms with E-state index in [2.05, 4.69) is 0 Å². The molecule has 0 aliphatic heterocycles. The molecule has 1 rings (SSSR count). The van der Waals surface area contributed by atoms with Crippen LogP contribution in [0.3, 0.4) is 0 Å². The number of hydrogen-bond acceptors (Lipinski definition) is 2. The molecule has 0 aliphatic rings. The molecule has 17 heavy (non-hydrogen) atoms. The van der Waals surface area contributed by atoms with Crippen molar-refractivity contribution in [2.24, 2.45) is 0 Å². The second-order valence-corrected chi connectivity index (χ2v) is 3.91. The molecule has 1 aromatic rings. The number of carbonyl (C=O) groups excluding carboxylic acids is 1. The van der Waals surface area contributed by atoms with Gasteiger partial charge < -0.3 is 10.4 Å². The van der Waals surface area contributed by atoms with Gasteiger partial charge in [0, 0.05) is 0 Å². The molecule has 7 heteroatoms. The van der Waals surface area contributed by atoms with Crippen molar-refractivity contribution in [1.29, 1.82) is 0 Å². The van der Waals surface area contributed by atoms with Gasteiger partial charge in [-0.3, -0.25) is 4.79 Å². The van der Waals surface area contributed by atoms with Gasteiger partial charge in [0.05, 0.1) is 10.7 Å². The summed E-state index contributed by atoms with van der Waals surface area (Å²) in [6, 6.07) is 5.77. The fourth-order valence-corrected chi connectivity index (χ4v) is 1.12. The summed E-state index contributed by atoms with van der Waals surface area (Å²) in [6.45, 7) is 0.374. The number of anilines is 1. The van der Waals surface area contributed by atoms with Crippen LogP contribution in [0.25, 0.3) is 0 Å². The SMILES string of the molecule is C[C@](O)(C(=O)Nc1ccccc1Cl)C(F)(F)F. The molecule has 0 saturated carbocycles. The Morgan fingerprint density at radius 2 is 1.88 bits per heavy atom. The van der Waals surface area contributed by atoms with Crippen LogP contribution < -0.4 is 5.32 Å². The van der Waals surface area contributed by atoms with Gasteiger partial charge >= 0.3 is 6.18 Å². The van der Waals surface area contributed by atoms with Gasteiger partial charge in [0.2, 0.25) is 5.60 Å². The van der Waals surface area contributed by atoms with E-state index in [1.807, 2.05) is 5.32 Å². The summed E-state index contributed by atoms with van der Waals surface area (Å²) in [5, 5.41) is 11.1. The van der Waals surface area contributed by atoms with E-state index in [9.17, 15) is 18.0 Å². The van der Waals surface area contributed by atoms with Crippen molar-refractivity contribution in [3.8, 4) is 0 Å². The molecule has 1 atom stereocenters. The van der Waals surface area contributed by atoms with E-state index in [1.165, 1.54) is 18.2 Å². The van der Waals surface area contributed by atoms with Gasteiger partial charge in [-0.05, 0) is 19.1 Å². The Kier molecular flexibility index (Phi) is 3.68. The number of rotatable bonds is 2. The molecular formula is C10H9ClF3NO2. The topological polar surface area (TPSA) is 49.3 Å². The summed E-state index contributed by atoms with van der Waals surface area (Å²) in [5.41, 5.74) is -3.46. The highest BCUT2D eigenvalue weighted by atomic mass is 35.5. The zero-order valence-electron chi connectivity index (χ0n) is 8.68. The summed E-state index contributed by atoms with van der Waals surface area (Å²) >= 11 is 5.66. The zero-order chi connectivity index (χ0) is 13.3. The van der Waals surface area contributed by atoms with Crippen LogP contribution in [0.15, 0.2) is 24.3 Å². The average Bonchev–Trinajstić information content (AvgIpc) is 2.19. The number of carbonyl (C=O) groups is 1. The third-order valence-corrected chi connectivity index (χ3v) is 2.45. The van der Waals surface area contributed by atoms with Crippen LogP contribution in [0.1, 0.15) is 6.92 Å². The molecule has 0 fully saturated rings. The molecule has 0 aliphatic carbocycles. The first-order chi connectivity index (χ1) is 7.66. The molecule has 0 aromatic heterocycles. The van der Waals surface area contributed by atoms with Crippen LogP contribution >= 0.6 is 11.6 Å². The van der Waals surface area contributed by atoms with Crippen LogP contribution in [0.4, 0.5) is 18.9 Å². The fraction of sp³-hybridized carbons (Fsp3) is 0.300. The maximum atomic E-state index is 12.3. The Hall–Kier alpha value is -1.27. The Bertz CT molecular complexity index is 432. The van der Waals surface area contributed by atoms with Crippen LogP contribution in [-0.4, -0.2) is 22.8 Å². The van der Waals surface area contributed by atoms with Crippen LogP contribution in [0.2, 0.25) is 5.02 Å². The molecule has 0 unspecified atom stereocenters. The predicted molar refractivity (Wildman–Crippen MR) is 56.8 cm³/mol. The second kappa shape index (κ2) is 4.54. The normalized spacial score (nSPS) is 15.2. The van der Waals surface area contributed by atoms with Crippen LogP contribution in [-0.2, 0) is 4.79 Å². The molecule has 0 saturated heterocycles. The number of benzene rings is 1. The highest BCUT2D eigenvalue weighted by Gasteiger charge is 2.55. The van der Waals surface area contributed by atoms with Gasteiger partial charge in [-0.2, -0.15) is 13.2 Å². The van der Waals surface area contributed by atoms with E-state index in [4.69, 9.17) is 16.7 Å². The standard InChI is InChI=1S/C10H9ClF3NO2/c1-9(17,10(12,13)14)8(16)15-7-5-3-2-4-6(7)11/h2-5,17H,1H3,(H,15,16)/t9-/m0/s1. The van der Waals surface area contributed by atoms with Crippen molar-refractivity contribution in [3.05, 3.63) is 29.3 Å². The number of para-hydroxylation sites is 1. The van der Waals surface area contributed by atoms with Crippen molar-refractivity contribution in [2.45, 2.75) is 18.7 Å². The Balaban J connectivity index is 2.91. The quantitative estimate of drug-likeness (QED) is 0.865. The first-order valence-electron chi connectivity index (χ1n) is 4.51. The maximum absolute atomic E-state index is 12.3. The van der Waals surface area contributed by atoms with Crippen molar-refractivity contribution < 1.29 is 23.1 Å². The highest BCUT2D eigenvalue weighted by Crippen LogP contribution is 2.31. The molecular weight excluding hydrogens is 259 g/mol. The predicted octanol–water partition coefficient (Wildman–Crippen LogP) is 2.59. The van der Waals surface area contributed by atoms with Gasteiger partial charge in [0.15, 0.2) is 0 Å². The van der Waals surface area contributed by atoms with Crippen molar-refractivity contribution in [3.63, 3.8) is 0 Å². The first kappa shape index (κ1) is 13.8. The minimum atomic E-state index is -5.06. The number of hydrogen-bond donors (Lipinski definition) is 2. The van der Waals surface area contributed by atoms with E-state index in [1.54, 1.807) is 6.07 Å². The largest absolute Gasteiger partial charge is 0.426 e. The summed E-state index contributed by atoms with van der Waals surface area (Å²) in [7, 11) is 0. The van der Waals surface area contributed by atoms with E-state index >= 15 is 0 Å². The Morgan fingerprint density at radius 3 is 2.35 bits per heavy atom. The lowest BCUT2D eigenvalue weighted by Gasteiger charge is -2.25. The van der Waals surface area contributed by atoms with E-state index < -0.39 is 17.7 Å². The van der Waals surface area contributed by atoms with E-state index in [0.29, 0.717) is 6.92 Å². The molecule has 1 amide bonds. The van der Waals surface area contributed by atoms with Gasteiger partial charge in [0.25, 0.3) is 5.91 Å². The minimum absolute atomic E-state index is 0.00342. The van der Waals surface area contributed by atoms with Crippen molar-refractivity contribution >= 4 is 23.2 Å². The summed E-state index contributed by atoms with van der Waals surface area (Å²) in [6.07, 6.45) is -5.06. The number of nitrogens with one attached hydrogen (secondary N) is 1. The second-order valence-electron chi connectivity index (χ2n) is 3.50. The van der Waals surface area contributed by atoms with Crippen molar-refractivity contribution in [1.82, 2.24) is 0 Å². The smallest absolute Gasteiger partial charge is 0.373 e. The monoisotopic (exact) mass is 267 g/mol. The lowest BCUT2D eigenvalue weighted by Crippen LogP contribution is -2.52. The lowest BCUT2D eigenvalue weighted by molar-refractivity contribution is -0.242. The third kappa shape index (κ3) is 2.89. The average molecular weight is 268 g/mol. The minimum Gasteiger partial charge on any atom is -0.373 e. The molecule has 0 spiro atoms. The lowest BCUT2D eigenvalue weighted by atomic mass is 10.1. The first-order valence-corrected chi connectivity index (χ1v) is 4.89. The number of halogens is 4. The summed E-state index contributed by atoms with van der Waals surface area (Å²) in [4.78, 5) is 11.3. The summed E-state index contributed by atoms with van der Waals surface area (Å²) in [5.74, 6) is -1.59. The maximum Gasteiger partial charge on any atom is 0.426 e. The van der Waals surface area contributed by atoms with E-state index in [-0.39, 0.29) is 10.7 Å². The Labute approximate surface area is 100 Å². The molecule has 94 valence electrons. The van der Waals surface area contributed by atoms with Crippen LogP contribution in [0, 0.1) is 0 Å². The van der Waals surface area contributed by atoms with E-state index in [0.717, 1.165) is 0 Å². The third-order valence-electron chi connectivity index (χ3n) is 2.12. The van der Waals surface area contributed by atoms with Gasteiger partial charge in [-0.25, -0.2) is 0 Å². The van der Waals surface area contributed by atoms with Gasteiger partial charge in [0.1, 0.15) is 0 Å². The molecule has 0 heterocycles. The highest BCUT2D eigenvalue weighted by molar-refractivity contribution is 6.33.